The van der Waals surface area contributed by atoms with Gasteiger partial charge in [-0.3, -0.25) is 0 Å². The van der Waals surface area contributed by atoms with Crippen LogP contribution in [0.5, 0.6) is 0 Å². The number of fused-ring (bicyclic) bond motifs is 1. The number of furan rings is 1. The number of carboxylic acids is 1. The minimum absolute atomic E-state index is 0.0683. The van der Waals surface area contributed by atoms with E-state index in [9.17, 15) is 9.90 Å². The molecule has 0 aliphatic rings. The molecule has 6 heteroatoms. The third-order valence-electron chi connectivity index (χ3n) is 3.05. The first-order chi connectivity index (χ1) is 9.58. The van der Waals surface area contributed by atoms with Crippen molar-refractivity contribution in [1.29, 1.82) is 0 Å². The van der Waals surface area contributed by atoms with Crippen molar-refractivity contribution in [2.75, 3.05) is 0 Å². The zero-order valence-electron chi connectivity index (χ0n) is 11.1. The van der Waals surface area contributed by atoms with Gasteiger partial charge in [0.05, 0.1) is 5.69 Å². The fraction of sp³-hybridized carbons (Fsp3) is 0.214. The van der Waals surface area contributed by atoms with Gasteiger partial charge in [-0.15, -0.1) is 0 Å². The van der Waals surface area contributed by atoms with Crippen LogP contribution in [0.2, 0.25) is 0 Å². The molecule has 0 unspecified atom stereocenters. The number of aromatic carboxylic acids is 1. The van der Waals surface area contributed by atoms with Crippen molar-refractivity contribution < 1.29 is 14.3 Å². The Labute approximate surface area is 114 Å². The summed E-state index contributed by atoms with van der Waals surface area (Å²) in [5, 5.41) is 13.6. The second-order valence-electron chi connectivity index (χ2n) is 4.50. The summed E-state index contributed by atoms with van der Waals surface area (Å²) in [6.45, 7) is 3.78. The van der Waals surface area contributed by atoms with Crippen LogP contribution in [0.25, 0.3) is 17.1 Å². The van der Waals surface area contributed by atoms with Crippen molar-refractivity contribution in [3.63, 3.8) is 0 Å². The van der Waals surface area contributed by atoms with Crippen molar-refractivity contribution in [3.8, 4) is 11.5 Å². The highest BCUT2D eigenvalue weighted by atomic mass is 16.4. The molecule has 0 radical (unpaired) electrons. The SMILES string of the molecule is CCc1cc2nc(-c3ccc(C)o3)cc(C(=O)O)n2n1. The van der Waals surface area contributed by atoms with Gasteiger partial charge in [0, 0.05) is 12.1 Å². The summed E-state index contributed by atoms with van der Waals surface area (Å²) < 4.78 is 6.85. The molecule has 1 N–H and O–H groups in total. The van der Waals surface area contributed by atoms with E-state index in [4.69, 9.17) is 4.42 Å². The van der Waals surface area contributed by atoms with E-state index < -0.39 is 5.97 Å². The molecular weight excluding hydrogens is 258 g/mol. The number of hydrogen-bond acceptors (Lipinski definition) is 4. The predicted molar refractivity (Wildman–Crippen MR) is 71.8 cm³/mol. The van der Waals surface area contributed by atoms with Crippen molar-refractivity contribution in [2.24, 2.45) is 0 Å². The predicted octanol–water partition coefficient (Wildman–Crippen LogP) is 2.56. The van der Waals surface area contributed by atoms with Gasteiger partial charge in [-0.25, -0.2) is 14.3 Å². The number of nitrogens with zero attached hydrogens (tertiary/aromatic N) is 3. The summed E-state index contributed by atoms with van der Waals surface area (Å²) in [5.74, 6) is 0.251. The molecule has 3 rings (SSSR count). The fourth-order valence-electron chi connectivity index (χ4n) is 2.05. The zero-order chi connectivity index (χ0) is 14.3. The van der Waals surface area contributed by atoms with E-state index in [1.54, 1.807) is 12.1 Å². The molecule has 0 spiro atoms. The van der Waals surface area contributed by atoms with Crippen molar-refractivity contribution in [1.82, 2.24) is 14.6 Å². The van der Waals surface area contributed by atoms with Gasteiger partial charge in [-0.05, 0) is 25.5 Å². The lowest BCUT2D eigenvalue weighted by Crippen LogP contribution is -2.08. The third kappa shape index (κ3) is 1.95. The largest absolute Gasteiger partial charge is 0.477 e. The van der Waals surface area contributed by atoms with Gasteiger partial charge in [-0.2, -0.15) is 5.10 Å². The third-order valence-corrected chi connectivity index (χ3v) is 3.05. The standard InChI is InChI=1S/C14H13N3O3/c1-3-9-6-13-15-10(12-5-4-8(2)20-12)7-11(14(18)19)17(13)16-9/h4-7H,3H2,1-2H3,(H,18,19). The van der Waals surface area contributed by atoms with Gasteiger partial charge in [-0.1, -0.05) is 6.92 Å². The highest BCUT2D eigenvalue weighted by molar-refractivity contribution is 5.87. The molecule has 0 aliphatic carbocycles. The maximum atomic E-state index is 11.4. The highest BCUT2D eigenvalue weighted by Gasteiger charge is 2.16. The van der Waals surface area contributed by atoms with E-state index in [1.165, 1.54) is 10.6 Å². The average molecular weight is 271 g/mol. The second kappa shape index (κ2) is 4.48. The van der Waals surface area contributed by atoms with Crippen molar-refractivity contribution >= 4 is 11.6 Å². The number of rotatable bonds is 3. The van der Waals surface area contributed by atoms with E-state index in [-0.39, 0.29) is 5.69 Å². The van der Waals surface area contributed by atoms with Gasteiger partial charge in [0.25, 0.3) is 0 Å². The quantitative estimate of drug-likeness (QED) is 0.791. The lowest BCUT2D eigenvalue weighted by atomic mass is 10.2. The van der Waals surface area contributed by atoms with Crippen LogP contribution in [0.15, 0.2) is 28.7 Å². The van der Waals surface area contributed by atoms with E-state index in [0.29, 0.717) is 17.1 Å². The molecule has 0 bridgehead atoms. The van der Waals surface area contributed by atoms with Gasteiger partial charge < -0.3 is 9.52 Å². The van der Waals surface area contributed by atoms with Crippen LogP contribution in [-0.4, -0.2) is 25.7 Å². The molecule has 3 aromatic rings. The highest BCUT2D eigenvalue weighted by Crippen LogP contribution is 2.22. The maximum absolute atomic E-state index is 11.4. The molecule has 3 heterocycles. The average Bonchev–Trinajstić information content (AvgIpc) is 3.02. The summed E-state index contributed by atoms with van der Waals surface area (Å²) in [5.41, 5.74) is 1.86. The first-order valence-electron chi connectivity index (χ1n) is 6.28. The van der Waals surface area contributed by atoms with Crippen LogP contribution < -0.4 is 0 Å². The number of hydrogen-bond donors (Lipinski definition) is 1. The van der Waals surface area contributed by atoms with Gasteiger partial charge in [0.15, 0.2) is 17.1 Å². The Morgan fingerprint density at radius 3 is 2.80 bits per heavy atom. The molecule has 0 atom stereocenters. The first kappa shape index (κ1) is 12.4. The van der Waals surface area contributed by atoms with Crippen LogP contribution in [-0.2, 0) is 6.42 Å². The Kier molecular flexibility index (Phi) is 2.78. The van der Waals surface area contributed by atoms with Crippen LogP contribution in [0.3, 0.4) is 0 Å². The molecule has 102 valence electrons. The number of aryl methyl sites for hydroxylation is 2. The van der Waals surface area contributed by atoms with Crippen molar-refractivity contribution in [2.45, 2.75) is 20.3 Å². The zero-order valence-corrected chi connectivity index (χ0v) is 11.1. The molecule has 0 saturated heterocycles. The Balaban J connectivity index is 2.27. The monoisotopic (exact) mass is 271 g/mol. The molecule has 0 amide bonds. The van der Waals surface area contributed by atoms with E-state index in [0.717, 1.165) is 17.9 Å². The smallest absolute Gasteiger partial charge is 0.354 e. The summed E-state index contributed by atoms with van der Waals surface area (Å²) in [4.78, 5) is 15.8. The topological polar surface area (TPSA) is 80.6 Å². The van der Waals surface area contributed by atoms with Crippen LogP contribution in [0, 0.1) is 6.92 Å². The number of carbonyl (C=O) groups is 1. The van der Waals surface area contributed by atoms with E-state index in [2.05, 4.69) is 10.1 Å². The Morgan fingerprint density at radius 1 is 1.40 bits per heavy atom. The lowest BCUT2D eigenvalue weighted by Gasteiger charge is -2.02. The molecule has 0 aliphatic heterocycles. The Hall–Kier alpha value is -2.63. The summed E-state index contributed by atoms with van der Waals surface area (Å²) >= 11 is 0. The number of carboxylic acid groups (broad SMARTS) is 1. The summed E-state index contributed by atoms with van der Waals surface area (Å²) in [6, 6.07) is 6.85. The molecule has 0 aromatic carbocycles. The van der Waals surface area contributed by atoms with Crippen molar-refractivity contribution in [3.05, 3.63) is 41.4 Å². The van der Waals surface area contributed by atoms with Gasteiger partial charge in [0.1, 0.15) is 11.5 Å². The minimum atomic E-state index is -1.05. The first-order valence-corrected chi connectivity index (χ1v) is 6.28. The van der Waals surface area contributed by atoms with E-state index in [1.807, 2.05) is 19.9 Å². The summed E-state index contributed by atoms with van der Waals surface area (Å²) in [7, 11) is 0. The molecular formula is C14H13N3O3. The molecule has 3 aromatic heterocycles. The second-order valence-corrected chi connectivity index (χ2v) is 4.50. The maximum Gasteiger partial charge on any atom is 0.354 e. The van der Waals surface area contributed by atoms with Gasteiger partial charge in [0.2, 0.25) is 0 Å². The van der Waals surface area contributed by atoms with Crippen LogP contribution in [0.4, 0.5) is 0 Å². The van der Waals surface area contributed by atoms with E-state index >= 15 is 0 Å². The summed E-state index contributed by atoms with van der Waals surface area (Å²) in [6.07, 6.45) is 0.720. The van der Waals surface area contributed by atoms with Gasteiger partial charge >= 0.3 is 5.97 Å². The minimum Gasteiger partial charge on any atom is -0.477 e. The number of aromatic nitrogens is 3. The lowest BCUT2D eigenvalue weighted by molar-refractivity contribution is 0.0687. The molecule has 6 nitrogen and oxygen atoms in total. The molecule has 20 heavy (non-hydrogen) atoms. The normalized spacial score (nSPS) is 11.1. The Bertz CT molecular complexity index is 801. The molecule has 0 fully saturated rings. The molecule has 0 saturated carbocycles. The fourth-order valence-corrected chi connectivity index (χ4v) is 2.05. The van der Waals surface area contributed by atoms with Crippen LogP contribution >= 0.6 is 0 Å². The van der Waals surface area contributed by atoms with Crippen LogP contribution in [0.1, 0.15) is 28.9 Å². The Morgan fingerprint density at radius 2 is 2.20 bits per heavy atom.